The van der Waals surface area contributed by atoms with Gasteiger partial charge in [0.25, 0.3) is 5.91 Å². The van der Waals surface area contributed by atoms with Crippen LogP contribution in [0.1, 0.15) is 98.0 Å². The van der Waals surface area contributed by atoms with E-state index in [4.69, 9.17) is 15.2 Å². The first-order valence-electron chi connectivity index (χ1n) is 18.3. The van der Waals surface area contributed by atoms with Gasteiger partial charge in [-0.15, -0.1) is 0 Å². The minimum Gasteiger partial charge on any atom is -0.497 e. The third-order valence-corrected chi connectivity index (χ3v) is 11.8. The summed E-state index contributed by atoms with van der Waals surface area (Å²) in [4.78, 5) is 82.0. The number of likely N-dealkylation sites (tertiary alicyclic amines) is 1. The summed E-state index contributed by atoms with van der Waals surface area (Å²) in [5.41, 5.74) is 3.88. The second-order valence-electron chi connectivity index (χ2n) is 16.7. The van der Waals surface area contributed by atoms with Crippen molar-refractivity contribution in [1.82, 2.24) is 20.9 Å². The molecule has 1 aliphatic heterocycles. The van der Waals surface area contributed by atoms with Crippen molar-refractivity contribution < 1.29 is 38.2 Å². The maximum atomic E-state index is 14.5. The van der Waals surface area contributed by atoms with E-state index < -0.39 is 64.6 Å². The summed E-state index contributed by atoms with van der Waals surface area (Å²) in [7, 11) is 1.57. The van der Waals surface area contributed by atoms with Gasteiger partial charge in [-0.3, -0.25) is 19.2 Å². The number of carbonyl (C=O) groups excluding carboxylic acids is 6. The Morgan fingerprint density at radius 3 is 2.16 bits per heavy atom. The molecule has 1 aromatic carbocycles. The quantitative estimate of drug-likeness (QED) is 0.177. The minimum atomic E-state index is -1.26. The van der Waals surface area contributed by atoms with E-state index in [9.17, 15) is 28.8 Å². The monoisotopic (exact) mass is 709 g/mol. The Morgan fingerprint density at radius 2 is 1.61 bits per heavy atom. The molecule has 0 radical (unpaired) electrons. The fourth-order valence-corrected chi connectivity index (χ4v) is 8.28. The topological polar surface area (TPSA) is 186 Å². The zero-order valence-electron chi connectivity index (χ0n) is 30.8. The Labute approximate surface area is 300 Å². The van der Waals surface area contributed by atoms with E-state index in [0.717, 1.165) is 44.1 Å². The van der Waals surface area contributed by atoms with Crippen LogP contribution in [0.3, 0.4) is 0 Å². The van der Waals surface area contributed by atoms with Gasteiger partial charge in [-0.2, -0.15) is 0 Å². The van der Waals surface area contributed by atoms with Crippen LogP contribution in [0.5, 0.6) is 5.75 Å². The standard InChI is InChI=1S/C38H55N5O8/c1-36(2,3)30(41-35(49)42-38(17-8-7-9-18-38)34(48)51-21-23-13-15-24(50-6)16-14-23)33(47)43-20-25-27(37(25,4)5)28(43)32(46)40-26(29(44)31(39)45)19-22-11-10-12-22/h13-16,22,25-28,30H,7-12,17-21H2,1-6H3,(H2,39,45)(H,40,46)(H2,41,42,49)/t25?,26?,27-,28-,30+/m0/s1. The number of amides is 5. The van der Waals surface area contributed by atoms with Crippen molar-refractivity contribution in [3.05, 3.63) is 29.8 Å². The van der Waals surface area contributed by atoms with Crippen LogP contribution in [0.2, 0.25) is 0 Å². The fraction of sp³-hybridized carbons (Fsp3) is 0.684. The average Bonchev–Trinajstić information content (AvgIpc) is 3.37. The van der Waals surface area contributed by atoms with Gasteiger partial charge < -0.3 is 36.1 Å². The van der Waals surface area contributed by atoms with Crippen molar-refractivity contribution in [2.75, 3.05) is 13.7 Å². The SMILES string of the molecule is COc1ccc(COC(=O)C2(NC(=O)N[C@H](C(=O)N3CC4[C@@H]([C@H]3C(=O)NC(CC3CCC3)C(=O)C(N)=O)C4(C)C)C(C)(C)C)CCCCC2)cc1. The molecule has 13 heteroatoms. The highest BCUT2D eigenvalue weighted by molar-refractivity contribution is 6.37. The zero-order valence-corrected chi connectivity index (χ0v) is 30.8. The number of urea groups is 1. The van der Waals surface area contributed by atoms with Crippen LogP contribution < -0.4 is 26.4 Å². The fourth-order valence-electron chi connectivity index (χ4n) is 8.28. The predicted octanol–water partition coefficient (Wildman–Crippen LogP) is 3.37. The summed E-state index contributed by atoms with van der Waals surface area (Å²) < 4.78 is 10.9. The smallest absolute Gasteiger partial charge is 0.332 e. The lowest BCUT2D eigenvalue weighted by Gasteiger charge is -2.39. The molecule has 5 N–H and O–H groups in total. The van der Waals surface area contributed by atoms with Gasteiger partial charge >= 0.3 is 12.0 Å². The van der Waals surface area contributed by atoms with Gasteiger partial charge in [0.05, 0.1) is 13.2 Å². The van der Waals surface area contributed by atoms with E-state index in [2.05, 4.69) is 29.8 Å². The number of carbonyl (C=O) groups is 6. The lowest BCUT2D eigenvalue weighted by molar-refractivity contribution is -0.154. The van der Waals surface area contributed by atoms with Crippen molar-refractivity contribution in [2.24, 2.45) is 34.3 Å². The number of Topliss-reactive ketones (excluding diaryl/α,β-unsaturated/α-hetero) is 1. The molecule has 3 saturated carbocycles. The largest absolute Gasteiger partial charge is 0.497 e. The van der Waals surface area contributed by atoms with Gasteiger partial charge in [-0.25, -0.2) is 9.59 Å². The summed E-state index contributed by atoms with van der Waals surface area (Å²) >= 11 is 0. The molecule has 2 unspecified atom stereocenters. The Bertz CT molecular complexity index is 1510. The maximum Gasteiger partial charge on any atom is 0.332 e. The molecule has 51 heavy (non-hydrogen) atoms. The van der Waals surface area contributed by atoms with Crippen LogP contribution in [0.25, 0.3) is 0 Å². The molecule has 1 saturated heterocycles. The molecule has 1 aromatic rings. The van der Waals surface area contributed by atoms with E-state index in [1.807, 2.05) is 20.8 Å². The molecular weight excluding hydrogens is 654 g/mol. The summed E-state index contributed by atoms with van der Waals surface area (Å²) in [6.07, 6.45) is 6.33. The summed E-state index contributed by atoms with van der Waals surface area (Å²) in [5.74, 6) is -2.63. The number of primary amides is 1. The first-order valence-corrected chi connectivity index (χ1v) is 18.3. The van der Waals surface area contributed by atoms with E-state index in [1.54, 1.807) is 31.4 Å². The molecule has 5 rings (SSSR count). The lowest BCUT2D eigenvalue weighted by Crippen LogP contribution is -2.64. The number of esters is 1. The lowest BCUT2D eigenvalue weighted by atomic mass is 9.80. The number of piperidine rings is 1. The molecule has 0 bridgehead atoms. The molecule has 5 atom stereocenters. The van der Waals surface area contributed by atoms with E-state index in [1.165, 1.54) is 4.90 Å². The predicted molar refractivity (Wildman–Crippen MR) is 188 cm³/mol. The molecule has 280 valence electrons. The first-order chi connectivity index (χ1) is 24.0. The van der Waals surface area contributed by atoms with Crippen LogP contribution in [0.15, 0.2) is 24.3 Å². The van der Waals surface area contributed by atoms with Crippen LogP contribution in [-0.4, -0.2) is 77.7 Å². The number of rotatable bonds is 13. The van der Waals surface area contributed by atoms with Crippen molar-refractivity contribution in [3.63, 3.8) is 0 Å². The Hall–Kier alpha value is -4.16. The number of ether oxygens (including phenoxy) is 2. The van der Waals surface area contributed by atoms with E-state index >= 15 is 0 Å². The molecule has 4 aliphatic rings. The Balaban J connectivity index is 1.30. The maximum absolute atomic E-state index is 14.5. The third-order valence-electron chi connectivity index (χ3n) is 11.8. The van der Waals surface area contributed by atoms with Gasteiger partial charge in [0.2, 0.25) is 17.6 Å². The first kappa shape index (κ1) is 38.1. The number of nitrogens with one attached hydrogen (secondary N) is 3. The van der Waals surface area contributed by atoms with Crippen LogP contribution in [0, 0.1) is 28.6 Å². The van der Waals surface area contributed by atoms with Gasteiger partial charge in [0.1, 0.15) is 30.0 Å². The van der Waals surface area contributed by atoms with E-state index in [-0.39, 0.29) is 29.8 Å². The molecule has 4 fully saturated rings. The number of nitrogens with zero attached hydrogens (tertiary/aromatic N) is 1. The van der Waals surface area contributed by atoms with Crippen molar-refractivity contribution >= 4 is 35.5 Å². The number of hydrogen-bond donors (Lipinski definition) is 4. The molecule has 0 aromatic heterocycles. The normalized spacial score (nSPS) is 24.5. The van der Waals surface area contributed by atoms with Crippen LogP contribution in [-0.2, 0) is 35.3 Å². The Kier molecular flexibility index (Phi) is 11.1. The number of methoxy groups -OCH3 is 1. The number of fused-ring (bicyclic) bond motifs is 1. The number of ketones is 1. The van der Waals surface area contributed by atoms with Crippen molar-refractivity contribution in [3.8, 4) is 5.75 Å². The summed E-state index contributed by atoms with van der Waals surface area (Å²) in [5, 5.41) is 8.56. The molecule has 3 aliphatic carbocycles. The van der Waals surface area contributed by atoms with E-state index in [0.29, 0.717) is 31.6 Å². The van der Waals surface area contributed by atoms with Gasteiger partial charge in [-0.1, -0.05) is 85.3 Å². The minimum absolute atomic E-state index is 0.0284. The molecule has 1 heterocycles. The second-order valence-corrected chi connectivity index (χ2v) is 16.7. The van der Waals surface area contributed by atoms with Gasteiger partial charge in [0, 0.05) is 6.54 Å². The van der Waals surface area contributed by atoms with Gasteiger partial charge in [0.15, 0.2) is 0 Å². The molecule has 5 amide bonds. The summed E-state index contributed by atoms with van der Waals surface area (Å²) in [6, 6.07) is 3.49. The third kappa shape index (κ3) is 8.17. The number of hydrogen-bond acceptors (Lipinski definition) is 8. The van der Waals surface area contributed by atoms with Gasteiger partial charge in [-0.05, 0) is 65.5 Å². The highest BCUT2D eigenvalue weighted by atomic mass is 16.5. The molecular formula is C38H55N5O8. The van der Waals surface area contributed by atoms with Crippen LogP contribution in [0.4, 0.5) is 4.79 Å². The zero-order chi connectivity index (χ0) is 37.3. The number of benzene rings is 1. The Morgan fingerprint density at radius 1 is 0.961 bits per heavy atom. The highest BCUT2D eigenvalue weighted by Gasteiger charge is 2.70. The average molecular weight is 710 g/mol. The highest BCUT2D eigenvalue weighted by Crippen LogP contribution is 2.65. The van der Waals surface area contributed by atoms with Crippen molar-refractivity contribution in [1.29, 1.82) is 0 Å². The molecule has 13 nitrogen and oxygen atoms in total. The van der Waals surface area contributed by atoms with Crippen LogP contribution >= 0.6 is 0 Å². The molecule has 0 spiro atoms. The number of nitrogens with two attached hydrogens (primary N) is 1. The summed E-state index contributed by atoms with van der Waals surface area (Å²) in [6.45, 7) is 9.91. The second kappa shape index (κ2) is 14.8. The van der Waals surface area contributed by atoms with Crippen molar-refractivity contribution in [2.45, 2.75) is 123 Å².